The van der Waals surface area contributed by atoms with E-state index in [1.54, 1.807) is 61.8 Å². The molecule has 37 heavy (non-hydrogen) atoms. The number of phenolic OH excluding ortho intramolecular Hbond substituents is 1. The number of hydrogen-bond donors (Lipinski definition) is 2. The smallest absolute Gasteiger partial charge is 0.295 e. The van der Waals surface area contributed by atoms with Gasteiger partial charge >= 0.3 is 0 Å². The quantitative estimate of drug-likeness (QED) is 0.245. The van der Waals surface area contributed by atoms with Gasteiger partial charge in [0.15, 0.2) is 11.5 Å². The minimum Gasteiger partial charge on any atom is -0.507 e. The van der Waals surface area contributed by atoms with E-state index in [0.29, 0.717) is 36.0 Å². The fourth-order valence-electron chi connectivity index (χ4n) is 4.18. The van der Waals surface area contributed by atoms with Crippen LogP contribution in [-0.2, 0) is 16.1 Å². The number of aliphatic hydroxyl groups is 1. The number of benzene rings is 2. The highest BCUT2D eigenvalue weighted by molar-refractivity contribution is 6.46. The number of Topliss-reactive ketones (excluding diaryl/α,β-unsaturated/α-hetero) is 1. The molecule has 1 saturated heterocycles. The number of likely N-dealkylation sites (tertiary alicyclic amines) is 1. The number of hydrogen-bond acceptors (Lipinski definition) is 7. The number of phenols is 1. The third-order valence-electron chi connectivity index (χ3n) is 5.93. The molecule has 0 saturated carbocycles. The Hall–Kier alpha value is -4.33. The number of amides is 1. The number of carbonyl (C=O) groups is 2. The van der Waals surface area contributed by atoms with Crippen LogP contribution in [-0.4, -0.2) is 45.0 Å². The second-order valence-electron chi connectivity index (χ2n) is 9.18. The molecule has 8 heteroatoms. The van der Waals surface area contributed by atoms with Crippen molar-refractivity contribution >= 4 is 17.4 Å². The molecule has 0 radical (unpaired) electrons. The van der Waals surface area contributed by atoms with Crippen LogP contribution in [0.3, 0.4) is 0 Å². The lowest BCUT2D eigenvalue weighted by Gasteiger charge is -2.26. The van der Waals surface area contributed by atoms with E-state index < -0.39 is 17.7 Å². The van der Waals surface area contributed by atoms with Crippen molar-refractivity contribution in [3.05, 3.63) is 89.3 Å². The summed E-state index contributed by atoms with van der Waals surface area (Å²) in [6.45, 7) is 6.85. The van der Waals surface area contributed by atoms with E-state index in [9.17, 15) is 19.8 Å². The van der Waals surface area contributed by atoms with Crippen LogP contribution >= 0.6 is 0 Å². The molecule has 1 amide bonds. The summed E-state index contributed by atoms with van der Waals surface area (Å²) in [7, 11) is 0. The first-order valence-corrected chi connectivity index (χ1v) is 12.2. The maximum atomic E-state index is 13.3. The van der Waals surface area contributed by atoms with Crippen molar-refractivity contribution in [1.29, 1.82) is 0 Å². The van der Waals surface area contributed by atoms with Crippen molar-refractivity contribution in [2.24, 2.45) is 5.92 Å². The first-order valence-electron chi connectivity index (χ1n) is 12.2. The number of aromatic nitrogens is 1. The van der Waals surface area contributed by atoms with E-state index in [0.717, 1.165) is 5.56 Å². The molecule has 1 aliphatic rings. The summed E-state index contributed by atoms with van der Waals surface area (Å²) in [6, 6.07) is 14.0. The predicted molar refractivity (Wildman–Crippen MR) is 138 cm³/mol. The summed E-state index contributed by atoms with van der Waals surface area (Å²) in [5, 5.41) is 21.5. The monoisotopic (exact) mass is 502 g/mol. The van der Waals surface area contributed by atoms with E-state index in [2.05, 4.69) is 4.98 Å². The SMILES string of the molecule is CCOc1cc([C@@H]2C(=C(O)c3ccc(OCC(C)C)cc3)C(=O)C(=O)N2Cc2cccnc2)ccc1O. The summed E-state index contributed by atoms with van der Waals surface area (Å²) in [6.07, 6.45) is 3.24. The Morgan fingerprint density at radius 1 is 1.08 bits per heavy atom. The molecule has 1 fully saturated rings. The molecule has 2 heterocycles. The van der Waals surface area contributed by atoms with Gasteiger partial charge in [-0.15, -0.1) is 0 Å². The van der Waals surface area contributed by atoms with Crippen molar-refractivity contribution in [1.82, 2.24) is 9.88 Å². The summed E-state index contributed by atoms with van der Waals surface area (Å²) in [5.74, 6) is -0.672. The second kappa shape index (κ2) is 11.2. The fourth-order valence-corrected chi connectivity index (χ4v) is 4.18. The van der Waals surface area contributed by atoms with Gasteiger partial charge in [-0.25, -0.2) is 0 Å². The molecule has 1 atom stereocenters. The lowest BCUT2D eigenvalue weighted by molar-refractivity contribution is -0.140. The minimum atomic E-state index is -0.906. The van der Waals surface area contributed by atoms with Crippen LogP contribution in [0.4, 0.5) is 0 Å². The summed E-state index contributed by atoms with van der Waals surface area (Å²) in [5.41, 5.74) is 1.58. The highest BCUT2D eigenvalue weighted by Gasteiger charge is 2.46. The third kappa shape index (κ3) is 5.58. The molecule has 1 aliphatic heterocycles. The molecule has 0 bridgehead atoms. The van der Waals surface area contributed by atoms with Gasteiger partial charge in [-0.2, -0.15) is 0 Å². The number of rotatable bonds is 9. The summed E-state index contributed by atoms with van der Waals surface area (Å²) < 4.78 is 11.3. The number of pyridine rings is 1. The number of aliphatic hydroxyl groups excluding tert-OH is 1. The van der Waals surface area contributed by atoms with Gasteiger partial charge < -0.3 is 24.6 Å². The molecular formula is C29H30N2O6. The van der Waals surface area contributed by atoms with Crippen LogP contribution in [0.1, 0.15) is 43.5 Å². The summed E-state index contributed by atoms with van der Waals surface area (Å²) >= 11 is 0. The normalized spacial score (nSPS) is 16.9. The van der Waals surface area contributed by atoms with Gasteiger partial charge in [0.25, 0.3) is 11.7 Å². The Bertz CT molecular complexity index is 1300. The molecule has 3 aromatic rings. The number of ketones is 1. The molecule has 0 aliphatic carbocycles. The van der Waals surface area contributed by atoms with Gasteiger partial charge in [-0.1, -0.05) is 26.0 Å². The standard InChI is InChI=1S/C29H30N2O6/c1-4-36-24-14-21(9-12-23(24)32)26-25(27(33)20-7-10-22(11-8-20)37-17-18(2)3)28(34)29(35)31(26)16-19-6-5-13-30-15-19/h5-15,18,26,32-33H,4,16-17H2,1-3H3/t26-/m1/s1. The highest BCUT2D eigenvalue weighted by atomic mass is 16.5. The van der Waals surface area contributed by atoms with Crippen molar-refractivity contribution in [2.45, 2.75) is 33.4 Å². The highest BCUT2D eigenvalue weighted by Crippen LogP contribution is 2.42. The molecule has 2 aromatic carbocycles. The van der Waals surface area contributed by atoms with E-state index in [1.165, 1.54) is 11.0 Å². The van der Waals surface area contributed by atoms with Gasteiger partial charge in [0, 0.05) is 24.5 Å². The van der Waals surface area contributed by atoms with Crippen LogP contribution in [0.25, 0.3) is 5.76 Å². The van der Waals surface area contributed by atoms with E-state index in [4.69, 9.17) is 9.47 Å². The van der Waals surface area contributed by atoms with Crippen molar-refractivity contribution < 1.29 is 29.3 Å². The van der Waals surface area contributed by atoms with Crippen molar-refractivity contribution in [2.75, 3.05) is 13.2 Å². The number of ether oxygens (including phenoxy) is 2. The van der Waals surface area contributed by atoms with Crippen LogP contribution in [0.15, 0.2) is 72.6 Å². The van der Waals surface area contributed by atoms with Gasteiger partial charge in [0.1, 0.15) is 11.5 Å². The lowest BCUT2D eigenvalue weighted by Crippen LogP contribution is -2.29. The van der Waals surface area contributed by atoms with Crippen LogP contribution in [0, 0.1) is 5.92 Å². The molecule has 2 N–H and O–H groups in total. The van der Waals surface area contributed by atoms with Gasteiger partial charge in [0.05, 0.1) is 24.8 Å². The van der Waals surface area contributed by atoms with Crippen molar-refractivity contribution in [3.63, 3.8) is 0 Å². The molecule has 192 valence electrons. The van der Waals surface area contributed by atoms with Gasteiger partial charge in [0.2, 0.25) is 0 Å². The first kappa shape index (κ1) is 25.8. The Labute approximate surface area is 215 Å². The zero-order chi connectivity index (χ0) is 26.5. The van der Waals surface area contributed by atoms with E-state index in [1.807, 2.05) is 19.9 Å². The molecule has 4 rings (SSSR count). The Balaban J connectivity index is 1.79. The van der Waals surface area contributed by atoms with Crippen molar-refractivity contribution in [3.8, 4) is 17.2 Å². The van der Waals surface area contributed by atoms with E-state index >= 15 is 0 Å². The van der Waals surface area contributed by atoms with E-state index in [-0.39, 0.29) is 29.4 Å². The largest absolute Gasteiger partial charge is 0.507 e. The summed E-state index contributed by atoms with van der Waals surface area (Å²) in [4.78, 5) is 32.0. The second-order valence-corrected chi connectivity index (χ2v) is 9.18. The molecule has 0 spiro atoms. The van der Waals surface area contributed by atoms with Crippen LogP contribution < -0.4 is 9.47 Å². The maximum absolute atomic E-state index is 13.3. The van der Waals surface area contributed by atoms with Crippen LogP contribution in [0.2, 0.25) is 0 Å². The minimum absolute atomic E-state index is 0.0436. The van der Waals surface area contributed by atoms with Crippen LogP contribution in [0.5, 0.6) is 17.2 Å². The Morgan fingerprint density at radius 2 is 1.84 bits per heavy atom. The zero-order valence-electron chi connectivity index (χ0n) is 21.0. The van der Waals surface area contributed by atoms with Gasteiger partial charge in [-0.05, 0) is 66.4 Å². The lowest BCUT2D eigenvalue weighted by atomic mass is 9.94. The molecule has 8 nitrogen and oxygen atoms in total. The fraction of sp³-hybridized carbons (Fsp3) is 0.276. The number of nitrogens with zero attached hydrogens (tertiary/aromatic N) is 2. The third-order valence-corrected chi connectivity index (χ3v) is 5.93. The molecule has 0 unspecified atom stereocenters. The predicted octanol–water partition coefficient (Wildman–Crippen LogP) is 4.84. The molecular weight excluding hydrogens is 472 g/mol. The first-order chi connectivity index (χ1) is 17.8. The van der Waals surface area contributed by atoms with Gasteiger partial charge in [-0.3, -0.25) is 14.6 Å². The maximum Gasteiger partial charge on any atom is 0.295 e. The topological polar surface area (TPSA) is 109 Å². The Kier molecular flexibility index (Phi) is 7.77. The number of carbonyl (C=O) groups excluding carboxylic acids is 2. The Morgan fingerprint density at radius 3 is 2.49 bits per heavy atom. The average Bonchev–Trinajstić information content (AvgIpc) is 3.14. The molecule has 1 aromatic heterocycles. The zero-order valence-corrected chi connectivity index (χ0v) is 21.0. The number of aromatic hydroxyl groups is 1. The average molecular weight is 503 g/mol.